The second kappa shape index (κ2) is 9.03. The molecule has 0 bridgehead atoms. The molecular weight excluding hydrogens is 360 g/mol. The van der Waals surface area contributed by atoms with Crippen LogP contribution >= 0.6 is 0 Å². The highest BCUT2D eigenvalue weighted by molar-refractivity contribution is 6.04. The van der Waals surface area contributed by atoms with E-state index in [9.17, 15) is 14.4 Å². The van der Waals surface area contributed by atoms with Crippen LogP contribution in [0.15, 0.2) is 54.6 Å². The first kappa shape index (κ1) is 19.4. The Morgan fingerprint density at radius 3 is 2.43 bits per heavy atom. The largest absolute Gasteiger partial charge is 0.479 e. The molecule has 2 amide bonds. The SMILES string of the molecule is C[C@H](Oc1ccccc1)C(=O)OCC(=O)Nc1ccccc1C(=O)NC1CC1. The van der Waals surface area contributed by atoms with E-state index in [-0.39, 0.29) is 11.9 Å². The smallest absolute Gasteiger partial charge is 0.347 e. The molecule has 1 saturated carbocycles. The molecule has 0 heterocycles. The number of anilines is 1. The molecule has 0 aliphatic heterocycles. The summed E-state index contributed by atoms with van der Waals surface area (Å²) >= 11 is 0. The number of nitrogens with one attached hydrogen (secondary N) is 2. The van der Waals surface area contributed by atoms with Gasteiger partial charge in [0.2, 0.25) is 0 Å². The van der Waals surface area contributed by atoms with Gasteiger partial charge in [-0.3, -0.25) is 9.59 Å². The van der Waals surface area contributed by atoms with Crippen molar-refractivity contribution < 1.29 is 23.9 Å². The molecule has 0 spiro atoms. The number of carbonyl (C=O) groups excluding carboxylic acids is 3. The first-order valence-electron chi connectivity index (χ1n) is 9.11. The normalized spacial score (nSPS) is 13.9. The number of benzene rings is 2. The van der Waals surface area contributed by atoms with Crippen LogP contribution in [0.4, 0.5) is 5.69 Å². The molecule has 0 saturated heterocycles. The number of ether oxygens (including phenoxy) is 2. The second-order valence-corrected chi connectivity index (χ2v) is 6.52. The number of hydrogen-bond acceptors (Lipinski definition) is 5. The van der Waals surface area contributed by atoms with Gasteiger partial charge in [-0.1, -0.05) is 30.3 Å². The minimum absolute atomic E-state index is 0.211. The van der Waals surface area contributed by atoms with Gasteiger partial charge in [0.15, 0.2) is 12.7 Å². The summed E-state index contributed by atoms with van der Waals surface area (Å²) in [5.74, 6) is -0.891. The van der Waals surface area contributed by atoms with E-state index in [0.29, 0.717) is 17.0 Å². The maximum absolute atomic E-state index is 12.3. The van der Waals surface area contributed by atoms with Crippen LogP contribution in [0.25, 0.3) is 0 Å². The zero-order valence-corrected chi connectivity index (χ0v) is 15.5. The van der Waals surface area contributed by atoms with Crippen molar-refractivity contribution in [1.29, 1.82) is 0 Å². The highest BCUT2D eigenvalue weighted by Gasteiger charge is 2.25. The Hall–Kier alpha value is -3.35. The average molecular weight is 382 g/mol. The lowest BCUT2D eigenvalue weighted by Gasteiger charge is -2.14. The van der Waals surface area contributed by atoms with Gasteiger partial charge in [-0.25, -0.2) is 4.79 Å². The fraction of sp³-hybridized carbons (Fsp3) is 0.286. The molecule has 0 radical (unpaired) electrons. The first-order valence-corrected chi connectivity index (χ1v) is 9.11. The number of carbonyl (C=O) groups is 3. The monoisotopic (exact) mass is 382 g/mol. The van der Waals surface area contributed by atoms with Crippen LogP contribution in [0.1, 0.15) is 30.1 Å². The third kappa shape index (κ3) is 5.57. The van der Waals surface area contributed by atoms with Crippen molar-refractivity contribution in [3.63, 3.8) is 0 Å². The standard InChI is InChI=1S/C21H22N2O5/c1-14(28-16-7-3-2-4-8-16)21(26)27-13-19(24)23-18-10-6-5-9-17(18)20(25)22-15-11-12-15/h2-10,14-15H,11-13H2,1H3,(H,22,25)(H,23,24)/t14-/m0/s1. The molecule has 2 aromatic carbocycles. The summed E-state index contributed by atoms with van der Waals surface area (Å²) in [6, 6.07) is 15.8. The van der Waals surface area contributed by atoms with E-state index in [1.165, 1.54) is 0 Å². The highest BCUT2D eigenvalue weighted by Crippen LogP contribution is 2.21. The van der Waals surface area contributed by atoms with Crippen LogP contribution in [0.3, 0.4) is 0 Å². The van der Waals surface area contributed by atoms with Crippen molar-refractivity contribution in [2.45, 2.75) is 31.9 Å². The van der Waals surface area contributed by atoms with Crippen molar-refractivity contribution in [3.8, 4) is 5.75 Å². The zero-order chi connectivity index (χ0) is 19.9. The summed E-state index contributed by atoms with van der Waals surface area (Å²) < 4.78 is 10.5. The molecule has 3 rings (SSSR count). The topological polar surface area (TPSA) is 93.7 Å². The summed E-state index contributed by atoms with van der Waals surface area (Å²) in [6.45, 7) is 1.07. The molecule has 146 valence electrons. The Bertz CT molecular complexity index is 849. The number of rotatable bonds is 8. The van der Waals surface area contributed by atoms with Crippen molar-refractivity contribution >= 4 is 23.5 Å². The molecule has 7 nitrogen and oxygen atoms in total. The maximum atomic E-state index is 12.3. The number of amides is 2. The molecule has 2 N–H and O–H groups in total. The molecule has 28 heavy (non-hydrogen) atoms. The molecule has 1 fully saturated rings. The number of para-hydroxylation sites is 2. The lowest BCUT2D eigenvalue weighted by Crippen LogP contribution is -2.30. The van der Waals surface area contributed by atoms with Crippen LogP contribution in [0, 0.1) is 0 Å². The molecule has 7 heteroatoms. The minimum Gasteiger partial charge on any atom is -0.479 e. The van der Waals surface area contributed by atoms with E-state index in [1.807, 2.05) is 6.07 Å². The fourth-order valence-electron chi connectivity index (χ4n) is 2.47. The van der Waals surface area contributed by atoms with Crippen LogP contribution in [-0.2, 0) is 14.3 Å². The van der Waals surface area contributed by atoms with E-state index >= 15 is 0 Å². The number of hydrogen-bond donors (Lipinski definition) is 2. The minimum atomic E-state index is -0.855. The molecule has 0 unspecified atom stereocenters. The highest BCUT2D eigenvalue weighted by atomic mass is 16.6. The van der Waals surface area contributed by atoms with Crippen LogP contribution in [0.2, 0.25) is 0 Å². The van der Waals surface area contributed by atoms with Crippen molar-refractivity contribution in [2.75, 3.05) is 11.9 Å². The molecule has 1 aliphatic carbocycles. The Kier molecular flexibility index (Phi) is 6.26. The Morgan fingerprint density at radius 2 is 1.71 bits per heavy atom. The van der Waals surface area contributed by atoms with E-state index in [2.05, 4.69) is 10.6 Å². The predicted octanol–water partition coefficient (Wildman–Crippen LogP) is 2.53. The molecule has 1 aliphatic rings. The summed E-state index contributed by atoms with van der Waals surface area (Å²) in [7, 11) is 0. The van der Waals surface area contributed by atoms with Crippen LogP contribution in [-0.4, -0.2) is 36.5 Å². The maximum Gasteiger partial charge on any atom is 0.347 e. The lowest BCUT2D eigenvalue weighted by atomic mass is 10.1. The quantitative estimate of drug-likeness (QED) is 0.685. The van der Waals surface area contributed by atoms with Crippen LogP contribution in [0.5, 0.6) is 5.75 Å². The summed E-state index contributed by atoms with van der Waals surface area (Å²) in [5.41, 5.74) is 0.741. The lowest BCUT2D eigenvalue weighted by molar-refractivity contribution is -0.153. The Morgan fingerprint density at radius 1 is 1.04 bits per heavy atom. The van der Waals surface area contributed by atoms with Gasteiger partial charge in [-0.05, 0) is 44.0 Å². The van der Waals surface area contributed by atoms with Gasteiger partial charge in [0.1, 0.15) is 5.75 Å². The van der Waals surface area contributed by atoms with Gasteiger partial charge >= 0.3 is 5.97 Å². The Balaban J connectivity index is 1.50. The first-order chi connectivity index (χ1) is 13.5. The fourth-order valence-corrected chi connectivity index (χ4v) is 2.47. The third-order valence-electron chi connectivity index (χ3n) is 4.09. The van der Waals surface area contributed by atoms with Crippen molar-refractivity contribution in [3.05, 3.63) is 60.2 Å². The molecular formula is C21H22N2O5. The predicted molar refractivity (Wildman–Crippen MR) is 103 cm³/mol. The Labute approximate surface area is 163 Å². The van der Waals surface area contributed by atoms with Gasteiger partial charge < -0.3 is 20.1 Å². The van der Waals surface area contributed by atoms with Gasteiger partial charge in [0.25, 0.3) is 11.8 Å². The molecule has 2 aromatic rings. The van der Waals surface area contributed by atoms with Gasteiger partial charge in [-0.2, -0.15) is 0 Å². The van der Waals surface area contributed by atoms with E-state index in [4.69, 9.17) is 9.47 Å². The van der Waals surface area contributed by atoms with Crippen LogP contribution < -0.4 is 15.4 Å². The van der Waals surface area contributed by atoms with E-state index in [1.54, 1.807) is 55.5 Å². The van der Waals surface area contributed by atoms with E-state index < -0.39 is 24.6 Å². The van der Waals surface area contributed by atoms with Crippen molar-refractivity contribution in [2.24, 2.45) is 0 Å². The average Bonchev–Trinajstić information content (AvgIpc) is 3.51. The van der Waals surface area contributed by atoms with Gasteiger partial charge in [0, 0.05) is 6.04 Å². The molecule has 1 atom stereocenters. The van der Waals surface area contributed by atoms with Gasteiger partial charge in [-0.15, -0.1) is 0 Å². The summed E-state index contributed by atoms with van der Waals surface area (Å²) in [4.78, 5) is 36.4. The third-order valence-corrected chi connectivity index (χ3v) is 4.09. The summed E-state index contributed by atoms with van der Waals surface area (Å²) in [5, 5.41) is 5.49. The summed E-state index contributed by atoms with van der Waals surface area (Å²) in [6.07, 6.45) is 1.09. The molecule has 0 aromatic heterocycles. The zero-order valence-electron chi connectivity index (χ0n) is 15.5. The van der Waals surface area contributed by atoms with Crippen molar-refractivity contribution in [1.82, 2.24) is 5.32 Å². The van der Waals surface area contributed by atoms with E-state index in [0.717, 1.165) is 12.8 Å². The van der Waals surface area contributed by atoms with Gasteiger partial charge in [0.05, 0.1) is 11.3 Å². The second-order valence-electron chi connectivity index (χ2n) is 6.52. The number of esters is 1.